The molecule has 2 aromatic heterocycles. The highest BCUT2D eigenvalue weighted by Crippen LogP contribution is 2.29. The Morgan fingerprint density at radius 1 is 1.33 bits per heavy atom. The molecule has 0 aliphatic carbocycles. The van der Waals surface area contributed by atoms with Crippen LogP contribution in [0.2, 0.25) is 0 Å². The first-order chi connectivity index (χ1) is 11.4. The Balaban J connectivity index is 2.45. The molecule has 3 aromatic rings. The minimum absolute atomic E-state index is 0.106. The quantitative estimate of drug-likeness (QED) is 0.551. The average molecular weight is 322 g/mol. The Labute approximate surface area is 134 Å². The van der Waals surface area contributed by atoms with E-state index in [4.69, 9.17) is 9.83 Å². The fraction of sp³-hybridized carbons (Fsp3) is 0.0625. The fourth-order valence-electron chi connectivity index (χ4n) is 2.52. The van der Waals surface area contributed by atoms with Gasteiger partial charge in [0.25, 0.3) is 11.2 Å². The maximum Gasteiger partial charge on any atom is 0.269 e. The maximum atomic E-state index is 12.4. The fourth-order valence-corrected chi connectivity index (χ4v) is 2.52. The van der Waals surface area contributed by atoms with E-state index in [1.54, 1.807) is 13.0 Å². The zero-order valence-corrected chi connectivity index (χ0v) is 12.4. The number of pyridine rings is 1. The SMILES string of the molecule is Cc1cc2oc(=N)c(C#N)c(-c3ccc([N+](=O)[O-])cc3)c2c(=O)[nH]1. The third-order valence-corrected chi connectivity index (χ3v) is 3.55. The zero-order chi connectivity index (χ0) is 17.4. The van der Waals surface area contributed by atoms with Gasteiger partial charge in [-0.3, -0.25) is 20.3 Å². The van der Waals surface area contributed by atoms with Gasteiger partial charge in [-0.25, -0.2) is 0 Å². The van der Waals surface area contributed by atoms with Crippen molar-refractivity contribution < 1.29 is 9.34 Å². The molecule has 8 nitrogen and oxygen atoms in total. The molecule has 3 rings (SSSR count). The number of nitro groups is 1. The van der Waals surface area contributed by atoms with Crippen LogP contribution in [0.4, 0.5) is 5.69 Å². The molecular weight excluding hydrogens is 312 g/mol. The summed E-state index contributed by atoms with van der Waals surface area (Å²) >= 11 is 0. The van der Waals surface area contributed by atoms with E-state index in [-0.39, 0.29) is 33.3 Å². The van der Waals surface area contributed by atoms with Crippen LogP contribution in [0.25, 0.3) is 22.1 Å². The van der Waals surface area contributed by atoms with Crippen molar-refractivity contribution in [3.05, 3.63) is 67.6 Å². The second kappa shape index (κ2) is 5.48. The van der Waals surface area contributed by atoms with Gasteiger partial charge < -0.3 is 9.40 Å². The maximum absolute atomic E-state index is 12.4. The van der Waals surface area contributed by atoms with Crippen LogP contribution in [-0.4, -0.2) is 9.91 Å². The summed E-state index contributed by atoms with van der Waals surface area (Å²) in [4.78, 5) is 25.2. The minimum atomic E-state index is -0.542. The number of aromatic amines is 1. The first-order valence-corrected chi connectivity index (χ1v) is 6.82. The van der Waals surface area contributed by atoms with Gasteiger partial charge in [-0.15, -0.1) is 0 Å². The molecule has 0 fully saturated rings. The molecule has 2 N–H and O–H groups in total. The van der Waals surface area contributed by atoms with Gasteiger partial charge in [-0.05, 0) is 24.6 Å². The number of nitrogens with one attached hydrogen (secondary N) is 2. The van der Waals surface area contributed by atoms with Crippen LogP contribution in [-0.2, 0) is 0 Å². The highest BCUT2D eigenvalue weighted by molar-refractivity contribution is 5.95. The van der Waals surface area contributed by atoms with E-state index in [1.165, 1.54) is 24.3 Å². The summed E-state index contributed by atoms with van der Waals surface area (Å²) < 4.78 is 5.29. The molecule has 0 spiro atoms. The van der Waals surface area contributed by atoms with Gasteiger partial charge in [0.1, 0.15) is 17.2 Å². The molecule has 0 aliphatic rings. The van der Waals surface area contributed by atoms with Gasteiger partial charge in [0.05, 0.1) is 10.3 Å². The molecule has 118 valence electrons. The van der Waals surface area contributed by atoms with Crippen molar-refractivity contribution in [2.24, 2.45) is 0 Å². The summed E-state index contributed by atoms with van der Waals surface area (Å²) in [5.74, 6) is 0. The van der Waals surface area contributed by atoms with E-state index in [9.17, 15) is 20.2 Å². The van der Waals surface area contributed by atoms with Crippen LogP contribution in [0.3, 0.4) is 0 Å². The number of aromatic nitrogens is 1. The number of hydrogen-bond acceptors (Lipinski definition) is 6. The predicted octanol–water partition coefficient (Wildman–Crippen LogP) is 2.36. The molecule has 0 amide bonds. The van der Waals surface area contributed by atoms with E-state index in [0.29, 0.717) is 11.3 Å². The Morgan fingerprint density at radius 2 is 2.00 bits per heavy atom. The topological polar surface area (TPSA) is 137 Å². The van der Waals surface area contributed by atoms with E-state index in [0.717, 1.165) is 0 Å². The summed E-state index contributed by atoms with van der Waals surface area (Å²) in [5, 5.41) is 28.2. The highest BCUT2D eigenvalue weighted by atomic mass is 16.6. The Kier molecular flexibility index (Phi) is 3.46. The molecule has 0 radical (unpaired) electrons. The van der Waals surface area contributed by atoms with Crippen molar-refractivity contribution in [3.63, 3.8) is 0 Å². The Bertz CT molecular complexity index is 1130. The van der Waals surface area contributed by atoms with Crippen molar-refractivity contribution >= 4 is 16.7 Å². The first-order valence-electron chi connectivity index (χ1n) is 6.82. The van der Waals surface area contributed by atoms with Crippen LogP contribution in [0, 0.1) is 33.8 Å². The third-order valence-electron chi connectivity index (χ3n) is 3.55. The number of nitrogens with zero attached hydrogens (tertiary/aromatic N) is 2. The number of fused-ring (bicyclic) bond motifs is 1. The normalized spacial score (nSPS) is 10.5. The molecule has 0 aliphatic heterocycles. The summed E-state index contributed by atoms with van der Waals surface area (Å²) in [6, 6.07) is 8.85. The van der Waals surface area contributed by atoms with Crippen LogP contribution in [0.5, 0.6) is 0 Å². The van der Waals surface area contributed by atoms with Gasteiger partial charge in [0.2, 0.25) is 5.55 Å². The van der Waals surface area contributed by atoms with Crippen LogP contribution >= 0.6 is 0 Å². The predicted molar refractivity (Wildman–Crippen MR) is 84.2 cm³/mol. The average Bonchev–Trinajstić information content (AvgIpc) is 2.53. The Morgan fingerprint density at radius 3 is 2.58 bits per heavy atom. The van der Waals surface area contributed by atoms with Crippen molar-refractivity contribution in [3.8, 4) is 17.2 Å². The lowest BCUT2D eigenvalue weighted by atomic mass is 9.98. The van der Waals surface area contributed by atoms with Gasteiger partial charge >= 0.3 is 0 Å². The number of benzene rings is 1. The molecule has 0 saturated carbocycles. The largest absolute Gasteiger partial charge is 0.437 e. The lowest BCUT2D eigenvalue weighted by molar-refractivity contribution is -0.384. The van der Waals surface area contributed by atoms with Crippen molar-refractivity contribution in [2.45, 2.75) is 6.92 Å². The van der Waals surface area contributed by atoms with E-state index in [2.05, 4.69) is 4.98 Å². The van der Waals surface area contributed by atoms with Crippen molar-refractivity contribution in [2.75, 3.05) is 0 Å². The monoisotopic (exact) mass is 322 g/mol. The molecule has 0 bridgehead atoms. The van der Waals surface area contributed by atoms with Crippen molar-refractivity contribution in [1.82, 2.24) is 4.98 Å². The number of H-pyrrole nitrogens is 1. The number of hydrogen-bond donors (Lipinski definition) is 2. The highest BCUT2D eigenvalue weighted by Gasteiger charge is 2.18. The number of non-ortho nitro benzene ring substituents is 1. The third kappa shape index (κ3) is 2.34. The molecule has 0 atom stereocenters. The molecule has 24 heavy (non-hydrogen) atoms. The van der Waals surface area contributed by atoms with Crippen molar-refractivity contribution in [1.29, 1.82) is 10.7 Å². The van der Waals surface area contributed by atoms with Gasteiger partial charge in [0, 0.05) is 29.5 Å². The minimum Gasteiger partial charge on any atom is -0.437 e. The summed E-state index contributed by atoms with van der Waals surface area (Å²) in [6.45, 7) is 1.67. The second-order valence-corrected chi connectivity index (χ2v) is 5.12. The van der Waals surface area contributed by atoms with Gasteiger partial charge in [0.15, 0.2) is 0 Å². The van der Waals surface area contributed by atoms with E-state index in [1.807, 2.05) is 6.07 Å². The molecular formula is C16H10N4O4. The standard InChI is InChI=1S/C16H10N4O4/c1-8-6-12-14(16(21)19-8)13(11(7-17)15(18)24-12)9-2-4-10(5-3-9)20(22)23/h2-6,18H,1H3,(H,19,21). The molecule has 2 heterocycles. The summed E-state index contributed by atoms with van der Waals surface area (Å²) in [6.07, 6.45) is 0. The summed E-state index contributed by atoms with van der Waals surface area (Å²) in [7, 11) is 0. The smallest absolute Gasteiger partial charge is 0.269 e. The first kappa shape index (κ1) is 15.2. The van der Waals surface area contributed by atoms with E-state index < -0.39 is 10.5 Å². The molecule has 0 saturated heterocycles. The number of nitriles is 1. The number of rotatable bonds is 2. The van der Waals surface area contributed by atoms with Gasteiger partial charge in [-0.1, -0.05) is 0 Å². The summed E-state index contributed by atoms with van der Waals surface area (Å²) in [5.41, 5.74) is 0.315. The second-order valence-electron chi connectivity index (χ2n) is 5.12. The lowest BCUT2D eigenvalue weighted by Gasteiger charge is -2.08. The van der Waals surface area contributed by atoms with Crippen LogP contribution < -0.4 is 11.1 Å². The zero-order valence-electron chi connectivity index (χ0n) is 12.4. The number of nitro benzene ring substituents is 1. The van der Waals surface area contributed by atoms with E-state index >= 15 is 0 Å². The lowest BCUT2D eigenvalue weighted by Crippen LogP contribution is -2.14. The number of aryl methyl sites for hydroxylation is 1. The molecule has 1 aromatic carbocycles. The van der Waals surface area contributed by atoms with Gasteiger partial charge in [-0.2, -0.15) is 5.26 Å². The molecule has 0 unspecified atom stereocenters. The van der Waals surface area contributed by atoms with Crippen LogP contribution in [0.15, 0.2) is 39.5 Å². The molecule has 8 heteroatoms. The van der Waals surface area contributed by atoms with Crippen LogP contribution in [0.1, 0.15) is 11.3 Å². The Hall–Kier alpha value is -3.73.